The molecular weight excluding hydrogens is 1040 g/mol. The number of hydrogen-bond donors (Lipinski definition) is 6. The van der Waals surface area contributed by atoms with Crippen LogP contribution in [0.4, 0.5) is 9.18 Å². The van der Waals surface area contributed by atoms with E-state index in [0.29, 0.717) is 40.6 Å². The number of benzene rings is 4. The van der Waals surface area contributed by atoms with Crippen molar-refractivity contribution < 1.29 is 57.3 Å². The molecule has 6 amide bonds. The number of aliphatic hydroxyl groups is 1. The fraction of sp³-hybridized carbons (Fsp3) is 0.350. The van der Waals surface area contributed by atoms with E-state index in [1.807, 2.05) is 61.5 Å². The number of aryl methyl sites for hydroxylation is 2. The van der Waals surface area contributed by atoms with E-state index in [-0.39, 0.29) is 67.1 Å². The molecule has 0 saturated heterocycles. The average Bonchev–Trinajstić information content (AvgIpc) is 4.31. The number of hydrogen-bond acceptors (Lipinski definition) is 13. The van der Waals surface area contributed by atoms with Crippen LogP contribution in [0.2, 0.25) is 0 Å². The van der Waals surface area contributed by atoms with E-state index in [2.05, 4.69) is 26.6 Å². The molecule has 0 radical (unpaired) electrons. The first kappa shape index (κ1) is 54.2. The van der Waals surface area contributed by atoms with Crippen LogP contribution in [0, 0.1) is 12.8 Å². The smallest absolute Gasteiger partial charge is 0.410 e. The number of nitrogens with one attached hydrogen (secondary N) is 5. The van der Waals surface area contributed by atoms with Crippen molar-refractivity contribution in [1.82, 2.24) is 41.0 Å². The number of ether oxygens (including phenoxy) is 3. The van der Waals surface area contributed by atoms with E-state index >= 15 is 4.39 Å². The van der Waals surface area contributed by atoms with Gasteiger partial charge in [0.1, 0.15) is 32.0 Å². The number of carbonyl (C=O) groups excluding carboxylic acids is 7. The second-order valence-corrected chi connectivity index (χ2v) is 21.2. The highest BCUT2D eigenvalue weighted by Crippen LogP contribution is 2.49. The van der Waals surface area contributed by atoms with Gasteiger partial charge >= 0.3 is 12.1 Å². The zero-order valence-corrected chi connectivity index (χ0v) is 44.7. The molecule has 0 unspecified atom stereocenters. The quantitative estimate of drug-likeness (QED) is 0.0400. The molecule has 2 aromatic heterocycles. The fourth-order valence-corrected chi connectivity index (χ4v) is 11.6. The van der Waals surface area contributed by atoms with E-state index in [1.54, 1.807) is 49.4 Å². The molecule has 1 saturated carbocycles. The van der Waals surface area contributed by atoms with Gasteiger partial charge in [-0.15, -0.1) is 0 Å². The Kier molecular flexibility index (Phi) is 14.5. The molecule has 0 spiro atoms. The summed E-state index contributed by atoms with van der Waals surface area (Å²) in [6.45, 7) is 1.08. The molecule has 4 atom stereocenters. The van der Waals surface area contributed by atoms with Gasteiger partial charge in [0.05, 0.1) is 42.1 Å². The molecule has 4 aromatic carbocycles. The molecule has 1 fully saturated rings. The van der Waals surface area contributed by atoms with Crippen molar-refractivity contribution in [2.45, 2.75) is 95.2 Å². The number of likely N-dealkylation sites (N-methyl/N-ethyl adjacent to an activating group) is 1. The van der Waals surface area contributed by atoms with Crippen LogP contribution in [-0.2, 0) is 80.4 Å². The number of halogens is 1. The molecule has 3 aliphatic carbocycles. The maximum absolute atomic E-state index is 18.2. The monoisotopic (exact) mass is 1100 g/mol. The Morgan fingerprint density at radius 3 is 2.25 bits per heavy atom. The van der Waals surface area contributed by atoms with Gasteiger partial charge in [-0.3, -0.25) is 28.8 Å². The molecule has 4 heterocycles. The van der Waals surface area contributed by atoms with Gasteiger partial charge in [0.15, 0.2) is 11.7 Å². The number of pyridine rings is 2. The number of nitrogens with zero attached hydrogens (tertiary/aromatic N) is 3. The van der Waals surface area contributed by atoms with Crippen molar-refractivity contribution in [3.63, 3.8) is 0 Å². The highest BCUT2D eigenvalue weighted by molar-refractivity contribution is 5.95. The number of aromatic nitrogens is 2. The van der Waals surface area contributed by atoms with Gasteiger partial charge in [-0.1, -0.05) is 91.9 Å². The van der Waals surface area contributed by atoms with Gasteiger partial charge in [0, 0.05) is 53.1 Å². The van der Waals surface area contributed by atoms with Gasteiger partial charge in [-0.25, -0.2) is 19.0 Å². The van der Waals surface area contributed by atoms with Crippen LogP contribution in [0.15, 0.2) is 102 Å². The molecule has 2 aliphatic heterocycles. The van der Waals surface area contributed by atoms with Crippen LogP contribution in [0.5, 0.6) is 0 Å². The number of amides is 6. The maximum atomic E-state index is 18.2. The molecule has 11 rings (SSSR count). The minimum Gasteiger partial charge on any atom is -0.458 e. The number of cyclic esters (lactones) is 1. The van der Waals surface area contributed by atoms with Crippen LogP contribution in [0.25, 0.3) is 33.4 Å². The third-order valence-electron chi connectivity index (χ3n) is 16.0. The topological polar surface area (TPSA) is 266 Å². The Hall–Kier alpha value is -8.82. The summed E-state index contributed by atoms with van der Waals surface area (Å²) < 4.78 is 36.7. The predicted molar refractivity (Wildman–Crippen MR) is 290 cm³/mol. The molecule has 0 bridgehead atoms. The highest BCUT2D eigenvalue weighted by atomic mass is 19.1. The summed E-state index contributed by atoms with van der Waals surface area (Å²) in [6, 6.07) is 28.0. The maximum Gasteiger partial charge on any atom is 0.410 e. The molecule has 20 nitrogen and oxygen atoms in total. The van der Waals surface area contributed by atoms with Crippen molar-refractivity contribution in [2.75, 3.05) is 33.4 Å². The number of carbonyl (C=O) groups is 7. The summed E-state index contributed by atoms with van der Waals surface area (Å²) in [5.74, 6) is -7.17. The normalized spacial score (nSPS) is 18.9. The van der Waals surface area contributed by atoms with Crippen molar-refractivity contribution in [1.29, 1.82) is 0 Å². The van der Waals surface area contributed by atoms with E-state index in [0.717, 1.165) is 38.3 Å². The zero-order valence-electron chi connectivity index (χ0n) is 44.7. The third-order valence-corrected chi connectivity index (χ3v) is 16.0. The van der Waals surface area contributed by atoms with Crippen molar-refractivity contribution in [2.24, 2.45) is 5.92 Å². The van der Waals surface area contributed by atoms with E-state index in [4.69, 9.17) is 19.2 Å². The molecular formula is C60H59FN8O12. The van der Waals surface area contributed by atoms with Gasteiger partial charge < -0.3 is 55.4 Å². The van der Waals surface area contributed by atoms with E-state index in [9.17, 15) is 43.5 Å². The lowest BCUT2D eigenvalue weighted by Crippen LogP contribution is -2.52. The third kappa shape index (κ3) is 10.3. The first-order valence-electron chi connectivity index (χ1n) is 27.0. The Morgan fingerprint density at radius 2 is 1.54 bits per heavy atom. The number of esters is 1. The fourth-order valence-electron chi connectivity index (χ4n) is 11.6. The van der Waals surface area contributed by atoms with Crippen LogP contribution in [-0.4, -0.2) is 107 Å². The van der Waals surface area contributed by atoms with Gasteiger partial charge in [0.25, 0.3) is 11.5 Å². The Morgan fingerprint density at radius 1 is 0.852 bits per heavy atom. The standard InChI is InChI=1S/C60H59FN8O12/c1-4-59(78)42-25-45-51-40(28-69(45)56(75)41(42)30-79-57(59)76)50-49-35(32(2)18-21-43(49)66-51)22-23-60(50,61)67-55(74)52(34-19-20-34)80-31-64-46(70)26-63-54(73)44(24-33-12-6-5-7-13-33)65-47(71)27-62-48(72)29-68(3)58(77)81-53-38-16-10-8-14-36(38)37-15-9-11-17-39(37)53/h5-18,21,25,34,44,52-53,78H,4,19-20,22-24,26-31H2,1-3H3,(H,62,72)(H,63,73)(H,64,70)(H,65,71)(H,67,74)/t44-,52+,59-,60+/m0/s1. The van der Waals surface area contributed by atoms with Crippen LogP contribution < -0.4 is 32.1 Å². The van der Waals surface area contributed by atoms with Crippen molar-refractivity contribution >= 4 is 52.5 Å². The SMILES string of the molecule is CC[C@@]1(O)C(=O)OCc2c1cc1n(c2=O)Cc2c-1nc1ccc(C)c3c1c2[C@](F)(NC(=O)[C@H](OCNC(=O)CNC(=O)[C@H](Cc1ccccc1)NC(=O)CNC(=O)CN(C)C(=O)OC1c2ccccc2-c2ccccc21)C1CC1)CC3. The van der Waals surface area contributed by atoms with Crippen molar-refractivity contribution in [3.05, 3.63) is 157 Å². The Bertz CT molecular complexity index is 3620. The van der Waals surface area contributed by atoms with Crippen LogP contribution >= 0.6 is 0 Å². The Balaban J connectivity index is 0.702. The second kappa shape index (κ2) is 21.7. The molecule has 6 aromatic rings. The van der Waals surface area contributed by atoms with Gasteiger partial charge in [-0.05, 0) is 78.5 Å². The summed E-state index contributed by atoms with van der Waals surface area (Å²) in [5.41, 5.74) is 5.16. The Labute approximate surface area is 463 Å². The zero-order chi connectivity index (χ0) is 56.9. The first-order chi connectivity index (χ1) is 39.0. The molecule has 81 heavy (non-hydrogen) atoms. The summed E-state index contributed by atoms with van der Waals surface area (Å²) in [6.07, 6.45) is -1.32. The predicted octanol–water partition coefficient (Wildman–Crippen LogP) is 4.24. The van der Waals surface area contributed by atoms with Crippen LogP contribution in [0.1, 0.15) is 88.8 Å². The summed E-state index contributed by atoms with van der Waals surface area (Å²) in [7, 11) is 1.40. The lowest BCUT2D eigenvalue weighted by molar-refractivity contribution is -0.172. The first-order valence-corrected chi connectivity index (χ1v) is 27.0. The minimum absolute atomic E-state index is 0.0283. The average molecular weight is 1100 g/mol. The summed E-state index contributed by atoms with van der Waals surface area (Å²) in [4.78, 5) is 114. The van der Waals surface area contributed by atoms with Gasteiger partial charge in [-0.2, -0.15) is 0 Å². The lowest BCUT2D eigenvalue weighted by Gasteiger charge is -2.35. The summed E-state index contributed by atoms with van der Waals surface area (Å²) in [5, 5.41) is 24.8. The van der Waals surface area contributed by atoms with E-state index in [1.165, 1.54) is 11.6 Å². The molecule has 418 valence electrons. The molecule has 5 aliphatic rings. The second-order valence-electron chi connectivity index (χ2n) is 21.2. The lowest BCUT2D eigenvalue weighted by atomic mass is 9.80. The highest BCUT2D eigenvalue weighted by Gasteiger charge is 2.49. The number of rotatable bonds is 18. The van der Waals surface area contributed by atoms with Gasteiger partial charge in [0.2, 0.25) is 29.4 Å². The molecule has 6 N–H and O–H groups in total. The largest absolute Gasteiger partial charge is 0.458 e. The number of fused-ring (bicyclic) bond motifs is 8. The van der Waals surface area contributed by atoms with Crippen molar-refractivity contribution in [3.8, 4) is 22.5 Å². The molecule has 21 heteroatoms. The van der Waals surface area contributed by atoms with E-state index < -0.39 is 103 Å². The van der Waals surface area contributed by atoms with Crippen LogP contribution in [0.3, 0.4) is 0 Å². The number of alkyl halides is 1. The summed E-state index contributed by atoms with van der Waals surface area (Å²) >= 11 is 0. The minimum atomic E-state index is -2.47.